The Morgan fingerprint density at radius 1 is 0.864 bits per heavy atom. The highest BCUT2D eigenvalue weighted by Crippen LogP contribution is 2.16. The molecule has 3 rings (SSSR count). The number of esters is 1. The lowest BCUT2D eigenvalue weighted by molar-refractivity contribution is 0.0600. The molecule has 3 aromatic carbocycles. The van der Waals surface area contributed by atoms with E-state index in [0.717, 1.165) is 35.3 Å². The molecular formula is C35H45N3O6. The molecule has 0 aliphatic carbocycles. The van der Waals surface area contributed by atoms with Crippen molar-refractivity contribution in [3.63, 3.8) is 0 Å². The van der Waals surface area contributed by atoms with Gasteiger partial charge in [0.15, 0.2) is 0 Å². The first-order valence-corrected chi connectivity index (χ1v) is 15.1. The predicted molar refractivity (Wildman–Crippen MR) is 171 cm³/mol. The number of hydrogen-bond acceptors (Lipinski definition) is 7. The largest absolute Gasteiger partial charge is 0.497 e. The zero-order valence-electron chi connectivity index (χ0n) is 26.4. The van der Waals surface area contributed by atoms with Crippen LogP contribution in [0.5, 0.6) is 5.75 Å². The summed E-state index contributed by atoms with van der Waals surface area (Å²) in [6, 6.07) is 19.0. The molecule has 9 nitrogen and oxygen atoms in total. The molecule has 236 valence electrons. The average Bonchev–Trinajstić information content (AvgIpc) is 3.03. The molecule has 2 atom stereocenters. The Hall–Kier alpha value is -4.21. The Labute approximate surface area is 260 Å². The Morgan fingerprint density at radius 2 is 1.55 bits per heavy atom. The molecular weight excluding hydrogens is 558 g/mol. The van der Waals surface area contributed by atoms with Crippen LogP contribution in [0.25, 0.3) is 0 Å². The maximum absolute atomic E-state index is 13.6. The van der Waals surface area contributed by atoms with Gasteiger partial charge in [-0.1, -0.05) is 38.1 Å². The number of aliphatic hydroxyl groups is 1. The first kappa shape index (κ1) is 34.3. The standard InChI is InChI=1S/C35H45N3O6/c1-6-15-38(16-7-2)34(41)29-18-24(3)17-28(21-29)33(40)37-31(20-25-11-13-27(14-12-25)35(42)44-5)32(39)23-36-22-26-9-8-10-30(19-26)43-4/h8-14,17-19,21,31-32,36,39H,6-7,15-16,20,22-23H2,1-5H3,(H,37,40)/t31-,32-/m1/s1. The third-order valence-electron chi connectivity index (χ3n) is 7.29. The van der Waals surface area contributed by atoms with E-state index < -0.39 is 18.1 Å². The number of nitrogens with zero attached hydrogens (tertiary/aromatic N) is 1. The number of carbonyl (C=O) groups excluding carboxylic acids is 3. The van der Waals surface area contributed by atoms with E-state index in [-0.39, 0.29) is 18.4 Å². The van der Waals surface area contributed by atoms with Gasteiger partial charge in [-0.25, -0.2) is 4.79 Å². The number of nitrogens with one attached hydrogen (secondary N) is 2. The van der Waals surface area contributed by atoms with Crippen LogP contribution >= 0.6 is 0 Å². The van der Waals surface area contributed by atoms with Gasteiger partial charge < -0.3 is 30.1 Å². The van der Waals surface area contributed by atoms with Crippen LogP contribution in [0.15, 0.2) is 66.7 Å². The number of aliphatic hydroxyl groups excluding tert-OH is 1. The van der Waals surface area contributed by atoms with E-state index in [4.69, 9.17) is 9.47 Å². The first-order chi connectivity index (χ1) is 21.2. The van der Waals surface area contributed by atoms with Gasteiger partial charge in [0.1, 0.15) is 5.75 Å². The van der Waals surface area contributed by atoms with Gasteiger partial charge in [-0.2, -0.15) is 0 Å². The molecule has 2 amide bonds. The lowest BCUT2D eigenvalue weighted by Gasteiger charge is -2.25. The summed E-state index contributed by atoms with van der Waals surface area (Å²) in [5, 5.41) is 17.5. The predicted octanol–water partition coefficient (Wildman–Crippen LogP) is 4.54. The highest BCUT2D eigenvalue weighted by atomic mass is 16.5. The van der Waals surface area contributed by atoms with Gasteiger partial charge in [-0.3, -0.25) is 9.59 Å². The quantitative estimate of drug-likeness (QED) is 0.206. The molecule has 0 bridgehead atoms. The number of rotatable bonds is 16. The fourth-order valence-electron chi connectivity index (χ4n) is 5.05. The second-order valence-corrected chi connectivity index (χ2v) is 10.9. The maximum Gasteiger partial charge on any atom is 0.337 e. The van der Waals surface area contributed by atoms with E-state index in [1.165, 1.54) is 7.11 Å². The summed E-state index contributed by atoms with van der Waals surface area (Å²) < 4.78 is 10.1. The molecule has 9 heteroatoms. The highest BCUT2D eigenvalue weighted by Gasteiger charge is 2.24. The number of amides is 2. The van der Waals surface area contributed by atoms with Gasteiger partial charge in [0, 0.05) is 37.3 Å². The van der Waals surface area contributed by atoms with Crippen molar-refractivity contribution >= 4 is 17.8 Å². The molecule has 0 radical (unpaired) electrons. The Bertz CT molecular complexity index is 1390. The number of carbonyl (C=O) groups is 3. The maximum atomic E-state index is 13.6. The molecule has 0 saturated carbocycles. The molecule has 0 heterocycles. The molecule has 0 unspecified atom stereocenters. The van der Waals surface area contributed by atoms with Crippen molar-refractivity contribution in [1.29, 1.82) is 0 Å². The van der Waals surface area contributed by atoms with Crippen LogP contribution in [0.1, 0.15) is 74.5 Å². The fraction of sp³-hybridized carbons (Fsp3) is 0.400. The van der Waals surface area contributed by atoms with Crippen LogP contribution in [0, 0.1) is 6.92 Å². The summed E-state index contributed by atoms with van der Waals surface area (Å²) >= 11 is 0. The number of methoxy groups -OCH3 is 2. The van der Waals surface area contributed by atoms with Crippen molar-refractivity contribution < 1.29 is 29.0 Å². The summed E-state index contributed by atoms with van der Waals surface area (Å²) in [4.78, 5) is 40.6. The van der Waals surface area contributed by atoms with E-state index in [1.807, 2.05) is 49.9 Å². The lowest BCUT2D eigenvalue weighted by atomic mass is 9.98. The van der Waals surface area contributed by atoms with Crippen molar-refractivity contribution in [2.75, 3.05) is 33.9 Å². The molecule has 0 saturated heterocycles. The minimum Gasteiger partial charge on any atom is -0.497 e. The van der Waals surface area contributed by atoms with Gasteiger partial charge in [-0.15, -0.1) is 0 Å². The van der Waals surface area contributed by atoms with Gasteiger partial charge in [-0.05, 0) is 85.3 Å². The summed E-state index contributed by atoms with van der Waals surface area (Å²) in [6.45, 7) is 7.92. The summed E-state index contributed by atoms with van der Waals surface area (Å²) in [5.74, 6) is -0.183. The first-order valence-electron chi connectivity index (χ1n) is 15.1. The molecule has 3 aromatic rings. The second-order valence-electron chi connectivity index (χ2n) is 10.9. The van der Waals surface area contributed by atoms with E-state index in [1.54, 1.807) is 49.6 Å². The van der Waals surface area contributed by atoms with Crippen LogP contribution in [-0.2, 0) is 17.7 Å². The number of aryl methyl sites for hydroxylation is 1. The topological polar surface area (TPSA) is 117 Å². The third-order valence-corrected chi connectivity index (χ3v) is 7.29. The number of benzene rings is 3. The zero-order valence-corrected chi connectivity index (χ0v) is 26.4. The van der Waals surface area contributed by atoms with Crippen LogP contribution in [-0.4, -0.2) is 73.8 Å². The van der Waals surface area contributed by atoms with Crippen LogP contribution < -0.4 is 15.4 Å². The fourth-order valence-corrected chi connectivity index (χ4v) is 5.05. The molecule has 44 heavy (non-hydrogen) atoms. The molecule has 0 fully saturated rings. The molecule has 0 aliphatic heterocycles. The summed E-state index contributed by atoms with van der Waals surface area (Å²) in [6.07, 6.45) is 1.06. The molecule has 0 aromatic heterocycles. The van der Waals surface area contributed by atoms with Gasteiger partial charge in [0.05, 0.1) is 31.9 Å². The monoisotopic (exact) mass is 603 g/mol. The number of hydrogen-bond donors (Lipinski definition) is 3. The lowest BCUT2D eigenvalue weighted by Crippen LogP contribution is -2.48. The normalized spacial score (nSPS) is 12.2. The number of ether oxygens (including phenoxy) is 2. The van der Waals surface area contributed by atoms with Crippen molar-refractivity contribution in [3.8, 4) is 5.75 Å². The Kier molecular flexibility index (Phi) is 13.4. The minimum atomic E-state index is -0.944. The van der Waals surface area contributed by atoms with E-state index >= 15 is 0 Å². The average molecular weight is 604 g/mol. The minimum absolute atomic E-state index is 0.101. The Morgan fingerprint density at radius 3 is 2.18 bits per heavy atom. The smallest absolute Gasteiger partial charge is 0.337 e. The van der Waals surface area contributed by atoms with Gasteiger partial charge in [0.25, 0.3) is 11.8 Å². The van der Waals surface area contributed by atoms with Crippen LogP contribution in [0.4, 0.5) is 0 Å². The third kappa shape index (κ3) is 9.92. The summed E-state index contributed by atoms with van der Waals surface area (Å²) in [5.41, 5.74) is 3.84. The van der Waals surface area contributed by atoms with Crippen molar-refractivity contribution in [2.45, 2.75) is 58.7 Å². The van der Waals surface area contributed by atoms with E-state index in [9.17, 15) is 19.5 Å². The SMILES string of the molecule is CCCN(CCC)C(=O)c1cc(C)cc(C(=O)N[C@H](Cc2ccc(C(=O)OC)cc2)[C@H](O)CNCc2cccc(OC)c2)c1. The van der Waals surface area contributed by atoms with Gasteiger partial charge >= 0.3 is 5.97 Å². The molecule has 0 aliphatic rings. The zero-order chi connectivity index (χ0) is 32.1. The van der Waals surface area contributed by atoms with Crippen LogP contribution in [0.3, 0.4) is 0 Å². The molecule has 3 N–H and O–H groups in total. The van der Waals surface area contributed by atoms with Crippen molar-refractivity contribution in [1.82, 2.24) is 15.5 Å². The second kappa shape index (κ2) is 17.2. The summed E-state index contributed by atoms with van der Waals surface area (Å²) in [7, 11) is 2.94. The highest BCUT2D eigenvalue weighted by molar-refractivity contribution is 6.00. The molecule has 0 spiro atoms. The van der Waals surface area contributed by atoms with Crippen molar-refractivity contribution in [2.24, 2.45) is 0 Å². The van der Waals surface area contributed by atoms with Crippen LogP contribution in [0.2, 0.25) is 0 Å². The van der Waals surface area contributed by atoms with Crippen molar-refractivity contribution in [3.05, 3.63) is 100 Å². The Balaban J connectivity index is 1.80. The van der Waals surface area contributed by atoms with E-state index in [2.05, 4.69) is 10.6 Å². The van der Waals surface area contributed by atoms with Gasteiger partial charge in [0.2, 0.25) is 0 Å². The van der Waals surface area contributed by atoms with E-state index in [0.29, 0.717) is 42.7 Å².